The summed E-state index contributed by atoms with van der Waals surface area (Å²) in [4.78, 5) is 11.4. The first-order valence-electron chi connectivity index (χ1n) is 4.82. The highest BCUT2D eigenvalue weighted by molar-refractivity contribution is 5.79. The highest BCUT2D eigenvalue weighted by Gasteiger charge is 2.42. The molecule has 16 heavy (non-hydrogen) atoms. The normalized spacial score (nSPS) is 14.2. The minimum atomic E-state index is -2.58. The van der Waals surface area contributed by atoms with Gasteiger partial charge in [-0.25, -0.2) is 4.79 Å². The van der Waals surface area contributed by atoms with E-state index in [1.54, 1.807) is 6.92 Å². The molecule has 1 unspecified atom stereocenters. The van der Waals surface area contributed by atoms with Gasteiger partial charge in [0, 0.05) is 18.4 Å². The number of methoxy groups -OCH3 is 1. The monoisotopic (exact) mass is 227 g/mol. The number of nitrogen functional groups attached to an aromatic ring is 1. The van der Waals surface area contributed by atoms with Crippen LogP contribution in [0.3, 0.4) is 0 Å². The lowest BCUT2D eigenvalue weighted by molar-refractivity contribution is -0.197. The third-order valence-electron chi connectivity index (χ3n) is 2.10. The fraction of sp³-hybridized carbons (Fsp3) is 0.364. The van der Waals surface area contributed by atoms with Gasteiger partial charge in [-0.15, -0.1) is 0 Å². The van der Waals surface area contributed by atoms with Crippen LogP contribution in [0.4, 0.5) is 10.1 Å². The van der Waals surface area contributed by atoms with Gasteiger partial charge in [-0.2, -0.15) is 4.39 Å². The van der Waals surface area contributed by atoms with Crippen molar-refractivity contribution in [2.24, 2.45) is 0 Å². The third-order valence-corrected chi connectivity index (χ3v) is 2.10. The van der Waals surface area contributed by atoms with E-state index in [2.05, 4.69) is 9.47 Å². The molecule has 0 saturated heterocycles. The van der Waals surface area contributed by atoms with E-state index in [1.807, 2.05) is 0 Å². The highest BCUT2D eigenvalue weighted by Crippen LogP contribution is 2.29. The lowest BCUT2D eigenvalue weighted by Crippen LogP contribution is -2.34. The second-order valence-electron chi connectivity index (χ2n) is 3.14. The number of hydrogen-bond acceptors (Lipinski definition) is 4. The Bertz CT molecular complexity index is 366. The molecule has 0 fully saturated rings. The van der Waals surface area contributed by atoms with E-state index in [0.717, 1.165) is 7.11 Å². The summed E-state index contributed by atoms with van der Waals surface area (Å²) in [6.45, 7) is 1.68. The summed E-state index contributed by atoms with van der Waals surface area (Å²) in [7, 11) is 1.10. The number of alkyl halides is 1. The summed E-state index contributed by atoms with van der Waals surface area (Å²) in [5, 5.41) is 0. The summed E-state index contributed by atoms with van der Waals surface area (Å²) in [5.41, 5.74) is 6.00. The van der Waals surface area contributed by atoms with Crippen molar-refractivity contribution in [3.8, 4) is 0 Å². The molecule has 2 N–H and O–H groups in total. The SMILES string of the molecule is CCOC(=O)C(F)(OC)c1ccc(N)cc1. The van der Waals surface area contributed by atoms with E-state index in [9.17, 15) is 9.18 Å². The van der Waals surface area contributed by atoms with Crippen molar-refractivity contribution >= 4 is 11.7 Å². The fourth-order valence-corrected chi connectivity index (χ4v) is 1.24. The van der Waals surface area contributed by atoms with Crippen molar-refractivity contribution in [1.82, 2.24) is 0 Å². The molecular weight excluding hydrogens is 213 g/mol. The summed E-state index contributed by atoms with van der Waals surface area (Å²) >= 11 is 0. The van der Waals surface area contributed by atoms with Gasteiger partial charge in [0.2, 0.25) is 0 Å². The standard InChI is InChI=1S/C11H14FNO3/c1-3-16-10(14)11(12,15-2)8-4-6-9(13)7-5-8/h4-7H,3,13H2,1-2H3. The van der Waals surface area contributed by atoms with Gasteiger partial charge in [-0.1, -0.05) is 12.1 Å². The molecule has 1 atom stereocenters. The van der Waals surface area contributed by atoms with Gasteiger partial charge in [0.1, 0.15) is 0 Å². The number of benzene rings is 1. The maximum absolute atomic E-state index is 14.2. The molecule has 0 saturated carbocycles. The first-order chi connectivity index (χ1) is 7.54. The number of nitrogens with two attached hydrogens (primary N) is 1. The van der Waals surface area contributed by atoms with Crippen LogP contribution in [0.15, 0.2) is 24.3 Å². The molecule has 1 aromatic rings. The Kier molecular flexibility index (Phi) is 3.84. The third kappa shape index (κ3) is 2.30. The lowest BCUT2D eigenvalue weighted by atomic mass is 10.1. The summed E-state index contributed by atoms with van der Waals surface area (Å²) in [5.74, 6) is -3.65. The average Bonchev–Trinajstić information content (AvgIpc) is 2.29. The van der Waals surface area contributed by atoms with Crippen LogP contribution in [-0.4, -0.2) is 19.7 Å². The van der Waals surface area contributed by atoms with Crippen molar-refractivity contribution in [3.63, 3.8) is 0 Å². The van der Waals surface area contributed by atoms with Crippen LogP contribution >= 0.6 is 0 Å². The Hall–Kier alpha value is -1.62. The molecule has 0 spiro atoms. The van der Waals surface area contributed by atoms with Crippen LogP contribution in [0.2, 0.25) is 0 Å². The van der Waals surface area contributed by atoms with Crippen LogP contribution in [-0.2, 0) is 20.1 Å². The molecule has 88 valence electrons. The molecule has 0 aliphatic heterocycles. The van der Waals surface area contributed by atoms with Crippen LogP contribution < -0.4 is 5.73 Å². The van der Waals surface area contributed by atoms with Crippen molar-refractivity contribution in [2.45, 2.75) is 12.8 Å². The zero-order chi connectivity index (χ0) is 12.2. The maximum atomic E-state index is 14.2. The molecule has 0 aliphatic carbocycles. The van der Waals surface area contributed by atoms with Gasteiger partial charge in [0.05, 0.1) is 6.61 Å². The molecule has 0 aromatic heterocycles. The molecule has 0 aliphatic rings. The number of hydrogen-bond donors (Lipinski definition) is 1. The quantitative estimate of drug-likeness (QED) is 0.627. The Morgan fingerprint density at radius 1 is 1.44 bits per heavy atom. The second-order valence-corrected chi connectivity index (χ2v) is 3.14. The second kappa shape index (κ2) is 4.94. The zero-order valence-corrected chi connectivity index (χ0v) is 9.20. The minimum absolute atomic E-state index is 0.0580. The number of halogens is 1. The van der Waals surface area contributed by atoms with Gasteiger partial charge in [0.15, 0.2) is 0 Å². The molecular formula is C11H14FNO3. The zero-order valence-electron chi connectivity index (χ0n) is 9.20. The van der Waals surface area contributed by atoms with E-state index in [1.165, 1.54) is 24.3 Å². The summed E-state index contributed by atoms with van der Waals surface area (Å²) in [6, 6.07) is 5.75. The predicted octanol–water partition coefficient (Wildman–Crippen LogP) is 1.60. The van der Waals surface area contributed by atoms with E-state index < -0.39 is 11.8 Å². The topological polar surface area (TPSA) is 61.5 Å². The van der Waals surface area contributed by atoms with Crippen LogP contribution in [0.1, 0.15) is 12.5 Å². The predicted molar refractivity (Wildman–Crippen MR) is 57.3 cm³/mol. The first kappa shape index (κ1) is 12.4. The number of carbonyl (C=O) groups is 1. The van der Waals surface area contributed by atoms with E-state index in [4.69, 9.17) is 5.73 Å². The molecule has 4 nitrogen and oxygen atoms in total. The van der Waals surface area contributed by atoms with Gasteiger partial charge in [-0.3, -0.25) is 0 Å². The smallest absolute Gasteiger partial charge is 0.377 e. The van der Waals surface area contributed by atoms with Crippen LogP contribution in [0.5, 0.6) is 0 Å². The van der Waals surface area contributed by atoms with E-state index in [-0.39, 0.29) is 12.2 Å². The number of ether oxygens (including phenoxy) is 2. The van der Waals surface area contributed by atoms with Gasteiger partial charge in [0.25, 0.3) is 0 Å². The van der Waals surface area contributed by atoms with Gasteiger partial charge < -0.3 is 15.2 Å². The van der Waals surface area contributed by atoms with Crippen LogP contribution in [0, 0.1) is 0 Å². The molecule has 1 aromatic carbocycles. The summed E-state index contributed by atoms with van der Waals surface area (Å²) < 4.78 is 23.4. The van der Waals surface area contributed by atoms with E-state index in [0.29, 0.717) is 5.69 Å². The van der Waals surface area contributed by atoms with Crippen molar-refractivity contribution in [3.05, 3.63) is 29.8 Å². The molecule has 0 amide bonds. The number of rotatable bonds is 4. The Labute approximate surface area is 93.2 Å². The lowest BCUT2D eigenvalue weighted by Gasteiger charge is -2.21. The molecule has 0 radical (unpaired) electrons. The molecule has 0 bridgehead atoms. The maximum Gasteiger partial charge on any atom is 0.377 e. The van der Waals surface area contributed by atoms with Crippen molar-refractivity contribution < 1.29 is 18.7 Å². The Morgan fingerprint density at radius 2 is 2.00 bits per heavy atom. The van der Waals surface area contributed by atoms with Gasteiger partial charge in [-0.05, 0) is 19.1 Å². The van der Waals surface area contributed by atoms with E-state index >= 15 is 0 Å². The average molecular weight is 227 g/mol. The van der Waals surface area contributed by atoms with Crippen molar-refractivity contribution in [2.75, 3.05) is 19.5 Å². The molecule has 5 heteroatoms. The highest BCUT2D eigenvalue weighted by atomic mass is 19.2. The van der Waals surface area contributed by atoms with Crippen molar-refractivity contribution in [1.29, 1.82) is 0 Å². The van der Waals surface area contributed by atoms with Gasteiger partial charge >= 0.3 is 11.8 Å². The Balaban J connectivity index is 3.04. The number of esters is 1. The number of carbonyl (C=O) groups excluding carboxylic acids is 1. The first-order valence-corrected chi connectivity index (χ1v) is 4.82. The number of anilines is 1. The summed E-state index contributed by atoms with van der Waals surface area (Å²) in [6.07, 6.45) is 0. The van der Waals surface area contributed by atoms with Crippen LogP contribution in [0.25, 0.3) is 0 Å². The largest absolute Gasteiger partial charge is 0.461 e. The minimum Gasteiger partial charge on any atom is -0.461 e. The molecule has 0 heterocycles. The Morgan fingerprint density at radius 3 is 2.44 bits per heavy atom. The fourth-order valence-electron chi connectivity index (χ4n) is 1.24. The molecule has 1 rings (SSSR count).